The number of hydrogen-bond donors (Lipinski definition) is 2. The van der Waals surface area contributed by atoms with Crippen LogP contribution in [-0.4, -0.2) is 74.5 Å². The fraction of sp³-hybridized carbons (Fsp3) is 0.444. The second kappa shape index (κ2) is 9.22. The van der Waals surface area contributed by atoms with Crippen molar-refractivity contribution < 1.29 is 9.53 Å². The molecule has 4 heterocycles. The smallest absolute Gasteiger partial charge is 0.271 e. The molecule has 11 nitrogen and oxygen atoms in total. The average Bonchev–Trinajstić information content (AvgIpc) is 3.17. The fourth-order valence-corrected chi connectivity index (χ4v) is 3.69. The maximum Gasteiger partial charge on any atom is 0.271 e. The van der Waals surface area contributed by atoms with E-state index < -0.39 is 0 Å². The number of nitrogens with zero attached hydrogens (tertiary/aromatic N) is 6. The minimum Gasteiger partial charge on any atom is -0.378 e. The van der Waals surface area contributed by atoms with Gasteiger partial charge in [0.2, 0.25) is 0 Å². The molecule has 3 aromatic rings. The van der Waals surface area contributed by atoms with Gasteiger partial charge in [0, 0.05) is 25.7 Å². The molecule has 158 valence electrons. The van der Waals surface area contributed by atoms with Crippen LogP contribution in [0, 0.1) is 0 Å². The molecule has 0 unspecified atom stereocenters. The van der Waals surface area contributed by atoms with Gasteiger partial charge >= 0.3 is 0 Å². The molecule has 0 aromatic carbocycles. The number of aromatic amines is 1. The van der Waals surface area contributed by atoms with Crippen LogP contribution >= 0.6 is 11.8 Å². The van der Waals surface area contributed by atoms with E-state index in [0.717, 1.165) is 35.7 Å². The topological polar surface area (TPSA) is 131 Å². The zero-order valence-corrected chi connectivity index (χ0v) is 17.3. The number of fused-ring (bicyclic) bond motifs is 1. The minimum absolute atomic E-state index is 0.151. The molecule has 1 aliphatic heterocycles. The van der Waals surface area contributed by atoms with Gasteiger partial charge in [0.05, 0.1) is 31.3 Å². The number of morpholine rings is 1. The lowest BCUT2D eigenvalue weighted by Gasteiger charge is -2.28. The van der Waals surface area contributed by atoms with E-state index in [9.17, 15) is 9.59 Å². The summed E-state index contributed by atoms with van der Waals surface area (Å²) >= 11 is 1.58. The average molecular weight is 430 g/mol. The Hall–Kier alpha value is -2.99. The monoisotopic (exact) mass is 430 g/mol. The van der Waals surface area contributed by atoms with Gasteiger partial charge in [0.25, 0.3) is 11.5 Å². The summed E-state index contributed by atoms with van der Waals surface area (Å²) in [5.74, 6) is 1.37. The van der Waals surface area contributed by atoms with Gasteiger partial charge < -0.3 is 15.0 Å². The van der Waals surface area contributed by atoms with E-state index in [0.29, 0.717) is 31.5 Å². The summed E-state index contributed by atoms with van der Waals surface area (Å²) in [5, 5.41) is 14.8. The summed E-state index contributed by atoms with van der Waals surface area (Å²) < 4.78 is 7.22. The lowest BCUT2D eigenvalue weighted by atomic mass is 10.3. The SMILES string of the molecule is CCSc1nc(N2CCOCC2)c2cnn(CCNC(=O)c3ccc(=O)[nH]n3)c2n1. The highest BCUT2D eigenvalue weighted by atomic mass is 32.2. The summed E-state index contributed by atoms with van der Waals surface area (Å²) in [6, 6.07) is 2.65. The lowest BCUT2D eigenvalue weighted by Crippen LogP contribution is -2.37. The van der Waals surface area contributed by atoms with Gasteiger partial charge in [-0.3, -0.25) is 9.59 Å². The number of H-pyrrole nitrogens is 1. The normalized spacial score (nSPS) is 14.2. The molecule has 1 saturated heterocycles. The molecule has 4 rings (SSSR count). The van der Waals surface area contributed by atoms with Gasteiger partial charge in [-0.05, 0) is 11.8 Å². The molecule has 12 heteroatoms. The highest BCUT2D eigenvalue weighted by molar-refractivity contribution is 7.99. The van der Waals surface area contributed by atoms with Crippen LogP contribution in [0.5, 0.6) is 0 Å². The van der Waals surface area contributed by atoms with Crippen molar-refractivity contribution in [2.45, 2.75) is 18.6 Å². The van der Waals surface area contributed by atoms with Crippen molar-refractivity contribution in [3.63, 3.8) is 0 Å². The Morgan fingerprint density at radius 3 is 2.87 bits per heavy atom. The number of anilines is 1. The van der Waals surface area contributed by atoms with Gasteiger partial charge in [-0.1, -0.05) is 18.7 Å². The summed E-state index contributed by atoms with van der Waals surface area (Å²) in [4.78, 5) is 34.9. The minimum atomic E-state index is -0.367. The van der Waals surface area contributed by atoms with Crippen LogP contribution in [0.4, 0.5) is 5.82 Å². The zero-order chi connectivity index (χ0) is 20.9. The number of rotatable bonds is 7. The highest BCUT2D eigenvalue weighted by Gasteiger charge is 2.20. The number of ether oxygens (including phenoxy) is 1. The van der Waals surface area contributed by atoms with E-state index >= 15 is 0 Å². The Labute approximate surface area is 176 Å². The van der Waals surface area contributed by atoms with E-state index in [1.807, 2.05) is 0 Å². The summed E-state index contributed by atoms with van der Waals surface area (Å²) in [6.07, 6.45) is 1.77. The second-order valence-corrected chi connectivity index (χ2v) is 7.76. The van der Waals surface area contributed by atoms with Crippen molar-refractivity contribution in [3.8, 4) is 0 Å². The van der Waals surface area contributed by atoms with Crippen LogP contribution in [0.25, 0.3) is 11.0 Å². The third kappa shape index (κ3) is 4.44. The van der Waals surface area contributed by atoms with Crippen LogP contribution in [0.1, 0.15) is 17.4 Å². The maximum absolute atomic E-state index is 12.2. The first-order valence-electron chi connectivity index (χ1n) is 9.68. The predicted molar refractivity (Wildman–Crippen MR) is 112 cm³/mol. The highest BCUT2D eigenvalue weighted by Crippen LogP contribution is 2.27. The molecule has 30 heavy (non-hydrogen) atoms. The van der Waals surface area contributed by atoms with Crippen molar-refractivity contribution in [2.24, 2.45) is 0 Å². The molecule has 1 aliphatic rings. The predicted octanol–water partition coefficient (Wildman–Crippen LogP) is 0.288. The van der Waals surface area contributed by atoms with Crippen molar-refractivity contribution in [1.29, 1.82) is 0 Å². The molecule has 0 saturated carbocycles. The van der Waals surface area contributed by atoms with Gasteiger partial charge in [-0.2, -0.15) is 10.2 Å². The van der Waals surface area contributed by atoms with Gasteiger partial charge in [0.1, 0.15) is 11.5 Å². The van der Waals surface area contributed by atoms with Crippen molar-refractivity contribution in [1.82, 2.24) is 35.3 Å². The Morgan fingerprint density at radius 1 is 1.30 bits per heavy atom. The number of nitrogens with one attached hydrogen (secondary N) is 2. The molecule has 0 bridgehead atoms. The zero-order valence-electron chi connectivity index (χ0n) is 16.5. The van der Waals surface area contributed by atoms with Gasteiger partial charge in [0.15, 0.2) is 10.8 Å². The van der Waals surface area contributed by atoms with Crippen LogP contribution in [0.2, 0.25) is 0 Å². The Balaban J connectivity index is 1.52. The number of carbonyl (C=O) groups excluding carboxylic acids is 1. The molecule has 0 spiro atoms. The largest absolute Gasteiger partial charge is 0.378 e. The molecular formula is C18H22N8O3S. The number of hydrogen-bond acceptors (Lipinski definition) is 9. The van der Waals surface area contributed by atoms with E-state index in [1.54, 1.807) is 22.6 Å². The van der Waals surface area contributed by atoms with Crippen LogP contribution in [0.15, 0.2) is 28.3 Å². The van der Waals surface area contributed by atoms with Crippen LogP contribution in [0.3, 0.4) is 0 Å². The molecule has 2 N–H and O–H groups in total. The molecule has 0 radical (unpaired) electrons. The first-order valence-corrected chi connectivity index (χ1v) is 10.7. The van der Waals surface area contributed by atoms with Crippen molar-refractivity contribution in [2.75, 3.05) is 43.5 Å². The fourth-order valence-electron chi connectivity index (χ4n) is 3.13. The van der Waals surface area contributed by atoms with Crippen molar-refractivity contribution in [3.05, 3.63) is 34.4 Å². The number of amides is 1. The van der Waals surface area contributed by atoms with Crippen molar-refractivity contribution >= 4 is 34.5 Å². The third-order valence-corrected chi connectivity index (χ3v) is 5.29. The third-order valence-electron chi connectivity index (χ3n) is 4.56. The lowest BCUT2D eigenvalue weighted by molar-refractivity contribution is 0.0946. The van der Waals surface area contributed by atoms with E-state index in [2.05, 4.69) is 37.4 Å². The molecular weight excluding hydrogens is 408 g/mol. The van der Waals surface area contributed by atoms with Gasteiger partial charge in [-0.25, -0.2) is 19.7 Å². The molecule has 1 fully saturated rings. The number of carbonyl (C=O) groups is 1. The van der Waals surface area contributed by atoms with E-state index in [1.165, 1.54) is 12.1 Å². The first-order chi connectivity index (χ1) is 14.7. The summed E-state index contributed by atoms with van der Waals surface area (Å²) in [5.41, 5.74) is 0.531. The Bertz CT molecular complexity index is 1070. The van der Waals surface area contributed by atoms with E-state index in [-0.39, 0.29) is 17.2 Å². The quantitative estimate of drug-likeness (QED) is 0.401. The summed E-state index contributed by atoms with van der Waals surface area (Å²) in [7, 11) is 0. The number of thioether (sulfide) groups is 1. The Morgan fingerprint density at radius 2 is 2.13 bits per heavy atom. The molecule has 3 aromatic heterocycles. The molecule has 1 amide bonds. The molecule has 0 aliphatic carbocycles. The Kier molecular flexibility index (Phi) is 6.23. The number of aromatic nitrogens is 6. The second-order valence-electron chi connectivity index (χ2n) is 6.53. The summed E-state index contributed by atoms with van der Waals surface area (Å²) in [6.45, 7) is 5.72. The maximum atomic E-state index is 12.2. The van der Waals surface area contributed by atoms with Crippen LogP contribution < -0.4 is 15.8 Å². The first kappa shape index (κ1) is 20.3. The van der Waals surface area contributed by atoms with E-state index in [4.69, 9.17) is 9.72 Å². The standard InChI is InChI=1S/C18H22N8O3S/c1-2-30-18-21-15(25-7-9-29-10-8-25)12-11-20-26(16(12)22-18)6-5-19-17(28)13-3-4-14(27)24-23-13/h3-4,11H,2,5-10H2,1H3,(H,19,28)(H,24,27). The van der Waals surface area contributed by atoms with Gasteiger partial charge in [-0.15, -0.1) is 0 Å². The van der Waals surface area contributed by atoms with Crippen LogP contribution in [-0.2, 0) is 11.3 Å². The molecule has 0 atom stereocenters.